The number of nitrogens with one attached hydrogen (secondary N) is 1. The number of methoxy groups -OCH3 is 1. The summed E-state index contributed by atoms with van der Waals surface area (Å²) in [7, 11) is 1.70. The number of ether oxygens (including phenoxy) is 1. The molecular weight excluding hydrogens is 508 g/mol. The Hall–Kier alpha value is -5.17. The normalized spacial score (nSPS) is 15.3. The maximum atomic E-state index is 5.66. The van der Waals surface area contributed by atoms with E-state index in [1.54, 1.807) is 7.11 Å². The van der Waals surface area contributed by atoms with Gasteiger partial charge in [-0.1, -0.05) is 59.7 Å². The third-order valence-corrected chi connectivity index (χ3v) is 7.64. The van der Waals surface area contributed by atoms with Gasteiger partial charge in [-0.2, -0.15) is 5.10 Å². The minimum Gasteiger partial charge on any atom is -0.497 e. The summed E-state index contributed by atoms with van der Waals surface area (Å²) in [5.41, 5.74) is 9.21. The number of nitrogens with zero attached hydrogens (tertiary/aromatic N) is 5. The van der Waals surface area contributed by atoms with Gasteiger partial charge in [-0.15, -0.1) is 0 Å². The molecule has 202 valence electrons. The standard InChI is InChI=1S/C34H30N6O/c1-21-12-16-25(17-13-21)35-32-34-37-33-30(23(3)38-40(33)26-18-14-22(2)15-19-26)31(24-8-7-9-27(20-24)41-4)39(34)29-11-6-5-10-28(29)36-32/h5-20,31H,1-4H3,(H,35,36)/t31-/m0/s1. The molecule has 7 heteroatoms. The van der Waals surface area contributed by atoms with Gasteiger partial charge in [0.1, 0.15) is 5.75 Å². The molecule has 7 nitrogen and oxygen atoms in total. The molecule has 1 N–H and O–H groups in total. The molecule has 3 heterocycles. The van der Waals surface area contributed by atoms with Crippen LogP contribution in [0.2, 0.25) is 0 Å². The van der Waals surface area contributed by atoms with E-state index in [0.29, 0.717) is 5.84 Å². The maximum absolute atomic E-state index is 5.66. The van der Waals surface area contributed by atoms with Gasteiger partial charge in [0.15, 0.2) is 17.5 Å². The summed E-state index contributed by atoms with van der Waals surface area (Å²) in [4.78, 5) is 12.7. The van der Waals surface area contributed by atoms with E-state index in [1.165, 1.54) is 11.1 Å². The molecule has 0 unspecified atom stereocenters. The Kier molecular flexibility index (Phi) is 5.93. The van der Waals surface area contributed by atoms with Crippen LogP contribution in [0, 0.1) is 20.8 Å². The molecule has 7 rings (SSSR count). The van der Waals surface area contributed by atoms with Crippen LogP contribution in [0.15, 0.2) is 107 Å². The van der Waals surface area contributed by atoms with Crippen molar-refractivity contribution in [3.63, 3.8) is 0 Å². The maximum Gasteiger partial charge on any atom is 0.179 e. The molecule has 2 aliphatic rings. The Labute approximate surface area is 239 Å². The molecule has 1 aromatic heterocycles. The van der Waals surface area contributed by atoms with Crippen LogP contribution in [0.25, 0.3) is 5.69 Å². The van der Waals surface area contributed by atoms with E-state index in [0.717, 1.165) is 57.0 Å². The van der Waals surface area contributed by atoms with Crippen molar-refractivity contribution in [2.45, 2.75) is 26.8 Å². The number of para-hydroxylation sites is 2. The van der Waals surface area contributed by atoms with Crippen LogP contribution in [0.4, 0.5) is 22.9 Å². The number of benzene rings is 4. The van der Waals surface area contributed by atoms with Gasteiger partial charge in [0.05, 0.1) is 35.9 Å². The molecular formula is C34H30N6O. The molecule has 41 heavy (non-hydrogen) atoms. The number of aromatic nitrogens is 2. The van der Waals surface area contributed by atoms with Crippen LogP contribution in [-0.4, -0.2) is 28.6 Å². The third kappa shape index (κ3) is 4.26. The summed E-state index contributed by atoms with van der Waals surface area (Å²) in [6.07, 6.45) is 0. The van der Waals surface area contributed by atoms with Crippen LogP contribution in [0.5, 0.6) is 5.75 Å². The van der Waals surface area contributed by atoms with Crippen molar-refractivity contribution in [3.05, 3.63) is 125 Å². The Morgan fingerprint density at radius 1 is 0.780 bits per heavy atom. The number of anilines is 2. The zero-order valence-electron chi connectivity index (χ0n) is 23.5. The smallest absolute Gasteiger partial charge is 0.179 e. The first-order chi connectivity index (χ1) is 20.0. The van der Waals surface area contributed by atoms with Gasteiger partial charge >= 0.3 is 0 Å². The predicted octanol–water partition coefficient (Wildman–Crippen LogP) is 7.60. The van der Waals surface area contributed by atoms with Crippen molar-refractivity contribution in [2.24, 2.45) is 9.98 Å². The molecule has 4 aromatic carbocycles. The highest BCUT2D eigenvalue weighted by atomic mass is 16.5. The number of aliphatic imine (C=N–C) groups is 2. The molecule has 0 saturated carbocycles. The number of amidine groups is 2. The monoisotopic (exact) mass is 538 g/mol. The Morgan fingerprint density at radius 3 is 2.27 bits per heavy atom. The molecule has 0 amide bonds. The van der Waals surface area contributed by atoms with E-state index < -0.39 is 0 Å². The molecule has 0 radical (unpaired) electrons. The lowest BCUT2D eigenvalue weighted by atomic mass is 9.93. The molecule has 0 bridgehead atoms. The molecule has 0 fully saturated rings. The highest BCUT2D eigenvalue weighted by Crippen LogP contribution is 2.48. The Morgan fingerprint density at radius 2 is 1.51 bits per heavy atom. The van der Waals surface area contributed by atoms with E-state index in [4.69, 9.17) is 19.8 Å². The van der Waals surface area contributed by atoms with Gasteiger partial charge in [-0.25, -0.2) is 14.7 Å². The van der Waals surface area contributed by atoms with Crippen molar-refractivity contribution in [2.75, 3.05) is 17.3 Å². The first-order valence-corrected chi connectivity index (χ1v) is 13.7. The quantitative estimate of drug-likeness (QED) is 0.256. The zero-order chi connectivity index (χ0) is 28.1. The molecule has 0 aliphatic carbocycles. The van der Waals surface area contributed by atoms with Gasteiger partial charge in [-0.3, -0.25) is 0 Å². The third-order valence-electron chi connectivity index (χ3n) is 7.64. The van der Waals surface area contributed by atoms with Gasteiger partial charge in [0.25, 0.3) is 0 Å². The lowest BCUT2D eigenvalue weighted by Gasteiger charge is -2.40. The van der Waals surface area contributed by atoms with Gasteiger partial charge in [0.2, 0.25) is 0 Å². The molecule has 0 saturated heterocycles. The first kappa shape index (κ1) is 24.8. The average Bonchev–Trinajstić information content (AvgIpc) is 3.33. The van der Waals surface area contributed by atoms with E-state index >= 15 is 0 Å². The van der Waals surface area contributed by atoms with Gasteiger partial charge in [-0.05, 0) is 74.9 Å². The summed E-state index contributed by atoms with van der Waals surface area (Å²) in [5, 5.41) is 8.60. The second-order valence-electron chi connectivity index (χ2n) is 10.5. The van der Waals surface area contributed by atoms with Crippen LogP contribution < -0.4 is 15.0 Å². The summed E-state index contributed by atoms with van der Waals surface area (Å²) in [6.45, 7) is 6.23. The fraction of sp³-hybridized carbons (Fsp3) is 0.147. The molecule has 0 spiro atoms. The van der Waals surface area contributed by atoms with E-state index in [-0.39, 0.29) is 6.04 Å². The Balaban J connectivity index is 1.49. The highest BCUT2D eigenvalue weighted by molar-refractivity contribution is 6.51. The summed E-state index contributed by atoms with van der Waals surface area (Å²) in [6, 6.07) is 32.9. The second-order valence-corrected chi connectivity index (χ2v) is 10.5. The summed E-state index contributed by atoms with van der Waals surface area (Å²) in [5.74, 6) is 3.01. The van der Waals surface area contributed by atoms with Crippen molar-refractivity contribution >= 4 is 34.6 Å². The number of fused-ring (bicyclic) bond motifs is 4. The van der Waals surface area contributed by atoms with Crippen LogP contribution >= 0.6 is 0 Å². The Bertz CT molecular complexity index is 1830. The van der Waals surface area contributed by atoms with Crippen LogP contribution in [-0.2, 0) is 0 Å². The molecule has 5 aromatic rings. The summed E-state index contributed by atoms with van der Waals surface area (Å²) >= 11 is 0. The van der Waals surface area contributed by atoms with Crippen molar-refractivity contribution < 1.29 is 4.74 Å². The van der Waals surface area contributed by atoms with Gasteiger partial charge in [0, 0.05) is 11.3 Å². The van der Waals surface area contributed by atoms with Crippen LogP contribution in [0.3, 0.4) is 0 Å². The fourth-order valence-electron chi connectivity index (χ4n) is 5.56. The summed E-state index contributed by atoms with van der Waals surface area (Å²) < 4.78 is 7.61. The first-order valence-electron chi connectivity index (χ1n) is 13.7. The number of hydrogen-bond donors (Lipinski definition) is 1. The minimum absolute atomic E-state index is 0.210. The average molecular weight is 539 g/mol. The van der Waals surface area contributed by atoms with Crippen molar-refractivity contribution in [1.29, 1.82) is 0 Å². The van der Waals surface area contributed by atoms with E-state index in [2.05, 4.69) is 97.7 Å². The molecule has 2 aliphatic heterocycles. The zero-order valence-corrected chi connectivity index (χ0v) is 23.5. The SMILES string of the molecule is COc1cccc([C@H]2c3c(C)nn(-c4ccc(C)cc4)c3N=C3C(Nc4ccc(C)cc4)=Nc4ccccc4N32)c1. The lowest BCUT2D eigenvalue weighted by molar-refractivity contribution is 0.414. The predicted molar refractivity (Wildman–Crippen MR) is 166 cm³/mol. The number of hydrogen-bond acceptors (Lipinski definition) is 6. The van der Waals surface area contributed by atoms with Crippen LogP contribution in [0.1, 0.15) is 34.0 Å². The topological polar surface area (TPSA) is 67.0 Å². The second kappa shape index (κ2) is 9.78. The lowest BCUT2D eigenvalue weighted by Crippen LogP contribution is -2.46. The fourth-order valence-corrected chi connectivity index (χ4v) is 5.56. The number of rotatable bonds is 4. The van der Waals surface area contributed by atoms with Gasteiger partial charge < -0.3 is 15.0 Å². The van der Waals surface area contributed by atoms with Crippen molar-refractivity contribution in [1.82, 2.24) is 9.78 Å². The number of aryl methyl sites for hydroxylation is 3. The van der Waals surface area contributed by atoms with Crippen molar-refractivity contribution in [3.8, 4) is 11.4 Å². The van der Waals surface area contributed by atoms with E-state index in [1.807, 2.05) is 35.0 Å². The van der Waals surface area contributed by atoms with E-state index in [9.17, 15) is 0 Å². The molecule has 1 atom stereocenters. The highest BCUT2D eigenvalue weighted by Gasteiger charge is 2.41. The largest absolute Gasteiger partial charge is 0.497 e. The minimum atomic E-state index is -0.210.